The normalized spacial score (nSPS) is 11.5. The molecule has 0 saturated carbocycles. The minimum atomic E-state index is 0.419. The van der Waals surface area contributed by atoms with Gasteiger partial charge in [-0.3, -0.25) is 14.4 Å². The highest BCUT2D eigenvalue weighted by atomic mass is 16.1. The summed E-state index contributed by atoms with van der Waals surface area (Å²) in [5.41, 5.74) is 1.42. The second kappa shape index (κ2) is 5.20. The lowest BCUT2D eigenvalue weighted by atomic mass is 9.85. The molecule has 0 spiro atoms. The maximum absolute atomic E-state index is 11.8. The highest BCUT2D eigenvalue weighted by molar-refractivity contribution is 6.36. The molecule has 0 aliphatic carbocycles. The summed E-state index contributed by atoms with van der Waals surface area (Å²) in [4.78, 5) is 35.0. The van der Waals surface area contributed by atoms with Gasteiger partial charge in [0.1, 0.15) is 6.29 Å². The second-order valence-electron chi connectivity index (χ2n) is 6.48. The van der Waals surface area contributed by atoms with E-state index in [1.54, 1.807) is 12.1 Å². The van der Waals surface area contributed by atoms with Crippen molar-refractivity contribution in [2.45, 2.75) is 0 Å². The molecule has 26 heavy (non-hydrogen) atoms. The summed E-state index contributed by atoms with van der Waals surface area (Å²) in [7, 11) is 0. The van der Waals surface area contributed by atoms with E-state index in [0.29, 0.717) is 22.1 Å². The lowest BCUT2D eigenvalue weighted by Crippen LogP contribution is -1.96. The van der Waals surface area contributed by atoms with Gasteiger partial charge in [0.25, 0.3) is 0 Å². The van der Waals surface area contributed by atoms with E-state index in [2.05, 4.69) is 0 Å². The molecule has 3 heteroatoms. The van der Waals surface area contributed by atoms with Gasteiger partial charge in [-0.1, -0.05) is 36.4 Å². The molecule has 0 saturated heterocycles. The zero-order valence-corrected chi connectivity index (χ0v) is 13.7. The van der Waals surface area contributed by atoms with Crippen molar-refractivity contribution >= 4 is 61.9 Å². The molecule has 0 heterocycles. The van der Waals surface area contributed by atoms with Gasteiger partial charge >= 0.3 is 0 Å². The third-order valence-electron chi connectivity index (χ3n) is 5.18. The van der Waals surface area contributed by atoms with Gasteiger partial charge in [0.05, 0.1) is 0 Å². The quantitative estimate of drug-likeness (QED) is 0.259. The Morgan fingerprint density at radius 3 is 1.92 bits per heavy atom. The first-order valence-electron chi connectivity index (χ1n) is 8.29. The molecular formula is C23H12O3. The van der Waals surface area contributed by atoms with Gasteiger partial charge in [0.2, 0.25) is 0 Å². The molecule has 3 nitrogen and oxygen atoms in total. The average Bonchev–Trinajstić information content (AvgIpc) is 2.70. The minimum absolute atomic E-state index is 0.419. The van der Waals surface area contributed by atoms with Crippen LogP contribution in [0.25, 0.3) is 43.1 Å². The topological polar surface area (TPSA) is 51.2 Å². The van der Waals surface area contributed by atoms with Crippen molar-refractivity contribution in [3.8, 4) is 0 Å². The van der Waals surface area contributed by atoms with Crippen molar-refractivity contribution in [1.82, 2.24) is 0 Å². The van der Waals surface area contributed by atoms with E-state index in [9.17, 15) is 14.4 Å². The predicted molar refractivity (Wildman–Crippen MR) is 104 cm³/mol. The van der Waals surface area contributed by atoms with Crippen LogP contribution in [0.3, 0.4) is 0 Å². The van der Waals surface area contributed by atoms with E-state index in [0.717, 1.165) is 56.6 Å². The van der Waals surface area contributed by atoms with E-state index in [4.69, 9.17) is 0 Å². The number of benzene rings is 5. The van der Waals surface area contributed by atoms with Crippen molar-refractivity contribution in [3.63, 3.8) is 0 Å². The van der Waals surface area contributed by atoms with Crippen molar-refractivity contribution in [3.05, 3.63) is 71.3 Å². The largest absolute Gasteiger partial charge is 0.298 e. The third-order valence-corrected chi connectivity index (χ3v) is 5.18. The number of aldehydes is 3. The summed E-state index contributed by atoms with van der Waals surface area (Å²) < 4.78 is 0. The molecule has 0 bridgehead atoms. The summed E-state index contributed by atoms with van der Waals surface area (Å²) in [5, 5.41) is 7.40. The first-order chi connectivity index (χ1) is 12.8. The average molecular weight is 336 g/mol. The molecule has 5 aromatic carbocycles. The van der Waals surface area contributed by atoms with Crippen LogP contribution in [-0.2, 0) is 0 Å². The lowest BCUT2D eigenvalue weighted by Gasteiger charge is -2.17. The molecule has 0 amide bonds. The third kappa shape index (κ3) is 1.74. The van der Waals surface area contributed by atoms with Crippen LogP contribution in [0.5, 0.6) is 0 Å². The molecule has 5 rings (SSSR count). The molecule has 0 aromatic heterocycles. The molecule has 0 unspecified atom stereocenters. The molecule has 0 aliphatic heterocycles. The van der Waals surface area contributed by atoms with E-state index < -0.39 is 0 Å². The fourth-order valence-electron chi connectivity index (χ4n) is 4.16. The zero-order valence-electron chi connectivity index (χ0n) is 13.7. The lowest BCUT2D eigenvalue weighted by molar-refractivity contribution is 0.111. The highest BCUT2D eigenvalue weighted by Gasteiger charge is 2.18. The Morgan fingerprint density at radius 1 is 0.538 bits per heavy atom. The summed E-state index contributed by atoms with van der Waals surface area (Å²) in [6.07, 6.45) is 2.33. The Balaban J connectivity index is 2.27. The van der Waals surface area contributed by atoms with E-state index in [-0.39, 0.29) is 0 Å². The van der Waals surface area contributed by atoms with Crippen molar-refractivity contribution in [2.24, 2.45) is 0 Å². The highest BCUT2D eigenvalue weighted by Crippen LogP contribution is 2.42. The number of rotatable bonds is 3. The predicted octanol–water partition coefficient (Wildman–Crippen LogP) is 5.17. The van der Waals surface area contributed by atoms with E-state index in [1.165, 1.54) is 0 Å². The molecule has 0 aliphatic rings. The van der Waals surface area contributed by atoms with Gasteiger partial charge in [0.15, 0.2) is 12.6 Å². The smallest absolute Gasteiger partial charge is 0.150 e. The zero-order chi connectivity index (χ0) is 17.8. The Hall–Kier alpha value is -3.59. The van der Waals surface area contributed by atoms with Crippen LogP contribution in [0.4, 0.5) is 0 Å². The molecule has 0 radical (unpaired) electrons. The summed E-state index contributed by atoms with van der Waals surface area (Å²) >= 11 is 0. The van der Waals surface area contributed by atoms with Gasteiger partial charge in [-0.15, -0.1) is 0 Å². The first kappa shape index (κ1) is 14.7. The minimum Gasteiger partial charge on any atom is -0.298 e. The summed E-state index contributed by atoms with van der Waals surface area (Å²) in [6, 6.07) is 17.2. The van der Waals surface area contributed by atoms with Gasteiger partial charge < -0.3 is 0 Å². The second-order valence-corrected chi connectivity index (χ2v) is 6.48. The fourth-order valence-corrected chi connectivity index (χ4v) is 4.16. The van der Waals surface area contributed by atoms with Crippen LogP contribution in [0, 0.1) is 0 Å². The Kier molecular flexibility index (Phi) is 2.95. The van der Waals surface area contributed by atoms with Crippen LogP contribution in [0.2, 0.25) is 0 Å². The van der Waals surface area contributed by atoms with E-state index >= 15 is 0 Å². The molecule has 0 fully saturated rings. The van der Waals surface area contributed by atoms with E-state index in [1.807, 2.05) is 42.5 Å². The van der Waals surface area contributed by atoms with Crippen molar-refractivity contribution in [2.75, 3.05) is 0 Å². The van der Waals surface area contributed by atoms with Crippen LogP contribution in [-0.4, -0.2) is 18.9 Å². The molecule has 122 valence electrons. The summed E-state index contributed by atoms with van der Waals surface area (Å²) in [5.74, 6) is 0. The fraction of sp³-hybridized carbons (Fsp3) is 0. The van der Waals surface area contributed by atoms with Crippen molar-refractivity contribution < 1.29 is 14.4 Å². The molecular weight excluding hydrogens is 324 g/mol. The Morgan fingerprint density at radius 2 is 1.23 bits per heavy atom. The molecule has 0 N–H and O–H groups in total. The Bertz CT molecular complexity index is 1370. The van der Waals surface area contributed by atoms with Gasteiger partial charge in [0, 0.05) is 22.1 Å². The van der Waals surface area contributed by atoms with Crippen LogP contribution in [0.15, 0.2) is 54.6 Å². The number of hydrogen-bond donors (Lipinski definition) is 0. The van der Waals surface area contributed by atoms with Gasteiger partial charge in [-0.05, 0) is 55.9 Å². The first-order valence-corrected chi connectivity index (χ1v) is 8.29. The number of carbonyl (C=O) groups excluding carboxylic acids is 3. The Labute approximate surface area is 148 Å². The molecule has 5 aromatic rings. The van der Waals surface area contributed by atoms with Crippen LogP contribution >= 0.6 is 0 Å². The number of fused-ring (bicyclic) bond motifs is 2. The maximum Gasteiger partial charge on any atom is 0.150 e. The summed E-state index contributed by atoms with van der Waals surface area (Å²) in [6.45, 7) is 0. The molecule has 0 atom stereocenters. The van der Waals surface area contributed by atoms with Crippen molar-refractivity contribution in [1.29, 1.82) is 0 Å². The monoisotopic (exact) mass is 336 g/mol. The number of hydrogen-bond acceptors (Lipinski definition) is 3. The maximum atomic E-state index is 11.8. The van der Waals surface area contributed by atoms with Gasteiger partial charge in [-0.2, -0.15) is 0 Å². The van der Waals surface area contributed by atoms with Crippen LogP contribution < -0.4 is 0 Å². The number of carbonyl (C=O) groups is 3. The van der Waals surface area contributed by atoms with Crippen LogP contribution in [0.1, 0.15) is 31.1 Å². The SMILES string of the molecule is O=Cc1cc2c(C=O)cc(C=O)c3c4cccc5cccc(c(c1)c23)c54. The standard InChI is InChI=1S/C23H12O3/c24-10-13-7-19-15(11-25)9-16(12-26)22-18-6-2-4-14-3-1-5-17(21(14)18)20(8-13)23(19)22/h1-12H. The van der Waals surface area contributed by atoms with Gasteiger partial charge in [-0.25, -0.2) is 0 Å².